The molecule has 4 rings (SSSR count). The number of benzene rings is 4. The van der Waals surface area contributed by atoms with E-state index in [9.17, 15) is 4.79 Å². The molecule has 0 heterocycles. The van der Waals surface area contributed by atoms with Crippen LogP contribution < -0.4 is 4.74 Å². The van der Waals surface area contributed by atoms with Gasteiger partial charge in [-0.15, -0.1) is 0 Å². The van der Waals surface area contributed by atoms with Gasteiger partial charge in [-0.2, -0.15) is 0 Å². The van der Waals surface area contributed by atoms with Crippen LogP contribution in [0.2, 0.25) is 0 Å². The zero-order chi connectivity index (χ0) is 28.7. The number of allylic oxidation sites excluding steroid dienone is 1. The third-order valence-corrected chi connectivity index (χ3v) is 7.00. The van der Waals surface area contributed by atoms with Gasteiger partial charge in [0.25, 0.3) is 0 Å². The van der Waals surface area contributed by atoms with E-state index in [1.807, 2.05) is 43.3 Å². The molecular weight excluding hydrogens is 508 g/mol. The Morgan fingerprint density at radius 1 is 0.756 bits per heavy atom. The molecule has 4 aromatic rings. The number of unbranched alkanes of at least 4 members (excludes halogenated alkanes) is 1. The van der Waals surface area contributed by atoms with Crippen molar-refractivity contribution in [1.29, 1.82) is 0 Å². The molecule has 0 aliphatic rings. The lowest BCUT2D eigenvalue weighted by molar-refractivity contribution is -0.156. The Bertz CT molecular complexity index is 1340. The van der Waals surface area contributed by atoms with E-state index in [0.717, 1.165) is 30.6 Å². The van der Waals surface area contributed by atoms with Crippen LogP contribution in [0.4, 0.5) is 0 Å². The van der Waals surface area contributed by atoms with Crippen LogP contribution in [0.3, 0.4) is 0 Å². The molecule has 0 saturated heterocycles. The minimum absolute atomic E-state index is 0.312. The van der Waals surface area contributed by atoms with E-state index in [4.69, 9.17) is 14.2 Å². The predicted octanol–water partition coefficient (Wildman–Crippen LogP) is 8.35. The van der Waals surface area contributed by atoms with Gasteiger partial charge in [-0.05, 0) is 84.7 Å². The van der Waals surface area contributed by atoms with Crippen LogP contribution in [0.15, 0.2) is 115 Å². The Hall–Kier alpha value is -4.15. The normalized spacial score (nSPS) is 12.1. The van der Waals surface area contributed by atoms with Crippen LogP contribution in [0.1, 0.15) is 43.4 Å². The van der Waals surface area contributed by atoms with Crippen molar-refractivity contribution in [3.05, 3.63) is 132 Å². The zero-order valence-corrected chi connectivity index (χ0v) is 24.1. The average molecular weight is 549 g/mol. The van der Waals surface area contributed by atoms with Crippen LogP contribution in [-0.2, 0) is 27.1 Å². The van der Waals surface area contributed by atoms with Gasteiger partial charge < -0.3 is 14.2 Å². The molecule has 0 aromatic heterocycles. The van der Waals surface area contributed by atoms with Gasteiger partial charge in [-0.1, -0.05) is 97.1 Å². The predicted molar refractivity (Wildman–Crippen MR) is 167 cm³/mol. The Kier molecular flexibility index (Phi) is 11.8. The van der Waals surface area contributed by atoms with Crippen LogP contribution in [0.25, 0.3) is 16.7 Å². The summed E-state index contributed by atoms with van der Waals surface area (Å²) < 4.78 is 17.2. The second-order valence-corrected chi connectivity index (χ2v) is 10.0. The van der Waals surface area contributed by atoms with Crippen LogP contribution >= 0.6 is 0 Å². The highest BCUT2D eigenvalue weighted by Gasteiger charge is 2.21. The Labute approximate surface area is 244 Å². The van der Waals surface area contributed by atoms with E-state index < -0.39 is 6.10 Å². The molecule has 0 N–H and O–H groups in total. The van der Waals surface area contributed by atoms with E-state index in [2.05, 4.69) is 85.8 Å². The summed E-state index contributed by atoms with van der Waals surface area (Å²) >= 11 is 0. The van der Waals surface area contributed by atoms with Gasteiger partial charge in [0.05, 0.1) is 6.61 Å². The molecular formula is C37H40O4. The van der Waals surface area contributed by atoms with Crippen molar-refractivity contribution in [3.63, 3.8) is 0 Å². The molecule has 1 unspecified atom stereocenters. The summed E-state index contributed by atoms with van der Waals surface area (Å²) in [7, 11) is 0. The number of hydrogen-bond acceptors (Lipinski definition) is 4. The molecule has 0 amide bonds. The number of hydrogen-bond donors (Lipinski definition) is 0. The van der Waals surface area contributed by atoms with Gasteiger partial charge in [-0.25, -0.2) is 4.79 Å². The maximum Gasteiger partial charge on any atom is 0.335 e. The molecule has 1 atom stereocenters. The molecule has 0 aliphatic heterocycles. The van der Waals surface area contributed by atoms with Crippen LogP contribution in [0.5, 0.6) is 5.75 Å². The molecule has 0 bridgehead atoms. The second kappa shape index (κ2) is 16.2. The van der Waals surface area contributed by atoms with E-state index >= 15 is 0 Å². The van der Waals surface area contributed by atoms with E-state index in [-0.39, 0.29) is 5.97 Å². The maximum atomic E-state index is 12.5. The lowest BCUT2D eigenvalue weighted by Crippen LogP contribution is -2.29. The van der Waals surface area contributed by atoms with Gasteiger partial charge >= 0.3 is 5.97 Å². The summed E-state index contributed by atoms with van der Waals surface area (Å²) in [6.07, 6.45) is 4.85. The molecule has 0 spiro atoms. The van der Waals surface area contributed by atoms with Crippen molar-refractivity contribution in [1.82, 2.24) is 0 Å². The number of carbonyl (C=O) groups is 1. The fourth-order valence-electron chi connectivity index (χ4n) is 4.62. The van der Waals surface area contributed by atoms with Crippen molar-refractivity contribution in [2.75, 3.05) is 19.8 Å². The van der Waals surface area contributed by atoms with Gasteiger partial charge in [0.15, 0.2) is 6.10 Å². The lowest BCUT2D eigenvalue weighted by atomic mass is 10.0. The molecule has 0 saturated carbocycles. The van der Waals surface area contributed by atoms with Crippen molar-refractivity contribution in [2.45, 2.75) is 45.6 Å². The number of rotatable bonds is 15. The minimum atomic E-state index is -0.614. The second-order valence-electron chi connectivity index (χ2n) is 10.0. The van der Waals surface area contributed by atoms with Gasteiger partial charge in [0.2, 0.25) is 0 Å². The van der Waals surface area contributed by atoms with Gasteiger partial charge in [0.1, 0.15) is 12.4 Å². The average Bonchev–Trinajstić information content (AvgIpc) is 3.02. The van der Waals surface area contributed by atoms with Gasteiger partial charge in [0, 0.05) is 13.0 Å². The molecule has 4 nitrogen and oxygen atoms in total. The standard InChI is InChI=1S/C37H40O4/c1-3-39-37(38)36(41-26-11-10-14-30-12-6-4-7-13-30)28-31-17-23-35(24-18-31)40-27-25-29(2)32-19-21-34(22-20-32)33-15-8-5-9-16-33/h4-9,12-13,15-25,36H,3,10-11,14,26-28H2,1-2H3. The molecule has 0 fully saturated rings. The summed E-state index contributed by atoms with van der Waals surface area (Å²) in [5, 5.41) is 0. The summed E-state index contributed by atoms with van der Waals surface area (Å²) in [5.74, 6) is 0.472. The SMILES string of the molecule is CCOC(=O)C(Cc1ccc(OCC=C(C)c2ccc(-c3ccccc3)cc2)cc1)OCCCCc1ccccc1. The Morgan fingerprint density at radius 2 is 1.41 bits per heavy atom. The molecule has 41 heavy (non-hydrogen) atoms. The smallest absolute Gasteiger partial charge is 0.335 e. The lowest BCUT2D eigenvalue weighted by Gasteiger charge is -2.17. The molecule has 212 valence electrons. The van der Waals surface area contributed by atoms with Crippen LogP contribution in [-0.4, -0.2) is 31.9 Å². The number of aryl methyl sites for hydroxylation is 1. The first kappa shape index (κ1) is 29.8. The highest BCUT2D eigenvalue weighted by atomic mass is 16.6. The molecule has 4 aromatic carbocycles. The fourth-order valence-corrected chi connectivity index (χ4v) is 4.62. The summed E-state index contributed by atoms with van der Waals surface area (Å²) in [5.41, 5.74) is 7.08. The van der Waals surface area contributed by atoms with E-state index in [1.54, 1.807) is 0 Å². The Balaban J connectivity index is 1.24. The van der Waals surface area contributed by atoms with Crippen LogP contribution in [0, 0.1) is 0 Å². The van der Waals surface area contributed by atoms with Crippen molar-refractivity contribution < 1.29 is 19.0 Å². The summed E-state index contributed by atoms with van der Waals surface area (Å²) in [6, 6.07) is 37.2. The Morgan fingerprint density at radius 3 is 2.10 bits per heavy atom. The fraction of sp³-hybridized carbons (Fsp3) is 0.270. The third kappa shape index (κ3) is 9.77. The first-order chi connectivity index (χ1) is 20.1. The monoisotopic (exact) mass is 548 g/mol. The topological polar surface area (TPSA) is 44.8 Å². The minimum Gasteiger partial charge on any atom is -0.490 e. The van der Waals surface area contributed by atoms with E-state index in [0.29, 0.717) is 26.2 Å². The highest BCUT2D eigenvalue weighted by Crippen LogP contribution is 2.22. The summed E-state index contributed by atoms with van der Waals surface area (Å²) in [4.78, 5) is 12.5. The first-order valence-electron chi connectivity index (χ1n) is 14.5. The van der Waals surface area contributed by atoms with Crippen molar-refractivity contribution in [3.8, 4) is 16.9 Å². The van der Waals surface area contributed by atoms with Gasteiger partial charge in [-0.3, -0.25) is 0 Å². The number of esters is 1. The maximum absolute atomic E-state index is 12.5. The first-order valence-corrected chi connectivity index (χ1v) is 14.5. The molecule has 0 aliphatic carbocycles. The molecule has 4 heteroatoms. The molecule has 0 radical (unpaired) electrons. The van der Waals surface area contributed by atoms with Crippen molar-refractivity contribution >= 4 is 11.5 Å². The van der Waals surface area contributed by atoms with E-state index in [1.165, 1.54) is 27.8 Å². The number of carbonyl (C=O) groups excluding carboxylic acids is 1. The van der Waals surface area contributed by atoms with Crippen molar-refractivity contribution in [2.24, 2.45) is 0 Å². The quantitative estimate of drug-likeness (QED) is 0.111. The highest BCUT2D eigenvalue weighted by molar-refractivity contribution is 5.75. The zero-order valence-electron chi connectivity index (χ0n) is 24.1. The third-order valence-electron chi connectivity index (χ3n) is 7.00. The summed E-state index contributed by atoms with van der Waals surface area (Å²) in [6.45, 7) is 5.25. The number of ether oxygens (including phenoxy) is 3. The largest absolute Gasteiger partial charge is 0.490 e.